The third-order valence-corrected chi connectivity index (χ3v) is 3.69. The maximum Gasteiger partial charge on any atom is 0.417 e. The highest BCUT2D eigenvalue weighted by molar-refractivity contribution is 9.10. The molecule has 1 atom stereocenters. The summed E-state index contributed by atoms with van der Waals surface area (Å²) in [5.74, 6) is -0.893. The second kappa shape index (κ2) is 6.85. The minimum absolute atomic E-state index is 0.153. The molecule has 0 aliphatic rings. The second-order valence-corrected chi connectivity index (χ2v) is 6.28. The van der Waals surface area contributed by atoms with Crippen LogP contribution in [-0.2, 0) is 17.5 Å². The molecule has 2 rings (SSSR count). The molecule has 1 unspecified atom stereocenters. The summed E-state index contributed by atoms with van der Waals surface area (Å²) in [4.78, 5) is 16.1. The molecule has 0 aliphatic carbocycles. The van der Waals surface area contributed by atoms with Crippen molar-refractivity contribution in [2.24, 2.45) is 0 Å². The first-order chi connectivity index (χ1) is 11.5. The van der Waals surface area contributed by atoms with Crippen molar-refractivity contribution in [3.05, 3.63) is 46.5 Å². The lowest BCUT2D eigenvalue weighted by Crippen LogP contribution is -2.43. The van der Waals surface area contributed by atoms with Crippen LogP contribution in [0.25, 0.3) is 0 Å². The van der Waals surface area contributed by atoms with Crippen LogP contribution in [-0.4, -0.2) is 26.2 Å². The van der Waals surface area contributed by atoms with E-state index in [-0.39, 0.29) is 12.2 Å². The molecule has 0 radical (unpaired) electrons. The lowest BCUT2D eigenvalue weighted by atomic mass is 10.0. The first kappa shape index (κ1) is 19.0. The van der Waals surface area contributed by atoms with Gasteiger partial charge in [0.1, 0.15) is 4.60 Å². The highest BCUT2D eigenvalue weighted by atomic mass is 79.9. The van der Waals surface area contributed by atoms with Gasteiger partial charge in [-0.1, -0.05) is 0 Å². The van der Waals surface area contributed by atoms with Gasteiger partial charge in [0, 0.05) is 11.9 Å². The van der Waals surface area contributed by atoms with E-state index >= 15 is 0 Å². The summed E-state index contributed by atoms with van der Waals surface area (Å²) in [7, 11) is 0. The predicted octanol–water partition coefficient (Wildman–Crippen LogP) is 2.93. The quantitative estimate of drug-likeness (QED) is 0.801. The Labute approximate surface area is 149 Å². The Morgan fingerprint density at radius 1 is 1.48 bits per heavy atom. The van der Waals surface area contributed by atoms with Crippen LogP contribution in [0, 0.1) is 11.3 Å². The second-order valence-electron chi connectivity index (χ2n) is 5.47. The van der Waals surface area contributed by atoms with Crippen LogP contribution in [0.1, 0.15) is 18.1 Å². The molecule has 1 aromatic heterocycles. The Morgan fingerprint density at radius 2 is 2.16 bits per heavy atom. The zero-order valence-electron chi connectivity index (χ0n) is 12.8. The van der Waals surface area contributed by atoms with Crippen molar-refractivity contribution in [3.8, 4) is 6.07 Å². The number of benzene rings is 1. The van der Waals surface area contributed by atoms with Gasteiger partial charge in [0.15, 0.2) is 5.60 Å². The monoisotopic (exact) mass is 416 g/mol. The number of carbonyl (C=O) groups is 1. The number of carbonyl (C=O) groups excluding carboxylic acids is 1. The smallest absolute Gasteiger partial charge is 0.378 e. The summed E-state index contributed by atoms with van der Waals surface area (Å²) in [6.07, 6.45) is -1.82. The van der Waals surface area contributed by atoms with E-state index in [4.69, 9.17) is 5.26 Å². The highest BCUT2D eigenvalue weighted by Crippen LogP contribution is 2.33. The minimum atomic E-state index is -4.74. The molecule has 1 heterocycles. The van der Waals surface area contributed by atoms with Gasteiger partial charge in [0.05, 0.1) is 30.1 Å². The number of alkyl halides is 3. The molecule has 0 saturated heterocycles. The van der Waals surface area contributed by atoms with Crippen LogP contribution in [0.4, 0.5) is 18.9 Å². The molecule has 132 valence electrons. The highest BCUT2D eigenvalue weighted by Gasteiger charge is 2.35. The molecule has 1 aromatic carbocycles. The van der Waals surface area contributed by atoms with Gasteiger partial charge in [0.2, 0.25) is 0 Å². The molecule has 2 aromatic rings. The number of nitrogens with one attached hydrogen (secondary N) is 1. The van der Waals surface area contributed by atoms with E-state index in [1.165, 1.54) is 30.1 Å². The van der Waals surface area contributed by atoms with Crippen LogP contribution >= 0.6 is 15.9 Å². The van der Waals surface area contributed by atoms with Gasteiger partial charge in [-0.2, -0.15) is 18.4 Å². The largest absolute Gasteiger partial charge is 0.417 e. The van der Waals surface area contributed by atoms with Crippen molar-refractivity contribution in [2.75, 3.05) is 5.32 Å². The van der Waals surface area contributed by atoms with Gasteiger partial charge in [-0.15, -0.1) is 0 Å². The van der Waals surface area contributed by atoms with Crippen molar-refractivity contribution in [2.45, 2.75) is 25.2 Å². The van der Waals surface area contributed by atoms with Gasteiger partial charge in [0.25, 0.3) is 5.91 Å². The van der Waals surface area contributed by atoms with Gasteiger partial charge in [-0.25, -0.2) is 4.98 Å². The van der Waals surface area contributed by atoms with E-state index in [1.54, 1.807) is 0 Å². The molecule has 6 nitrogen and oxygen atoms in total. The van der Waals surface area contributed by atoms with Gasteiger partial charge < -0.3 is 15.0 Å². The minimum Gasteiger partial charge on any atom is -0.378 e. The molecule has 0 bridgehead atoms. The van der Waals surface area contributed by atoms with E-state index in [2.05, 4.69) is 26.2 Å². The fraction of sp³-hybridized carbons (Fsp3) is 0.267. The zero-order valence-corrected chi connectivity index (χ0v) is 14.4. The van der Waals surface area contributed by atoms with Crippen LogP contribution in [0.2, 0.25) is 0 Å². The summed E-state index contributed by atoms with van der Waals surface area (Å²) < 4.78 is 40.8. The van der Waals surface area contributed by atoms with Gasteiger partial charge in [-0.05, 0) is 41.1 Å². The number of imidazole rings is 1. The Bertz CT molecular complexity index is 840. The number of halogens is 4. The number of nitriles is 1. The Kier molecular flexibility index (Phi) is 5.20. The zero-order chi connectivity index (χ0) is 18.8. The summed E-state index contributed by atoms with van der Waals surface area (Å²) in [5.41, 5.74) is -3.79. The van der Waals surface area contributed by atoms with E-state index in [1.807, 2.05) is 0 Å². The van der Waals surface area contributed by atoms with E-state index in [0.29, 0.717) is 10.7 Å². The third kappa shape index (κ3) is 4.58. The topological polar surface area (TPSA) is 90.9 Å². The molecule has 10 heteroatoms. The number of nitrogens with zero attached hydrogens (tertiary/aromatic N) is 3. The van der Waals surface area contributed by atoms with Crippen LogP contribution in [0.3, 0.4) is 0 Å². The molecular weight excluding hydrogens is 405 g/mol. The molecule has 0 aliphatic heterocycles. The summed E-state index contributed by atoms with van der Waals surface area (Å²) in [5, 5.41) is 21.3. The first-order valence-corrected chi connectivity index (χ1v) is 7.64. The number of hydrogen-bond donors (Lipinski definition) is 2. The molecule has 1 amide bonds. The van der Waals surface area contributed by atoms with Gasteiger partial charge >= 0.3 is 6.18 Å². The van der Waals surface area contributed by atoms with Crippen molar-refractivity contribution in [1.82, 2.24) is 9.55 Å². The molecular formula is C15H12BrF3N4O2. The molecule has 0 saturated carbocycles. The number of rotatable bonds is 4. The van der Waals surface area contributed by atoms with Crippen molar-refractivity contribution >= 4 is 27.5 Å². The predicted molar refractivity (Wildman–Crippen MR) is 85.3 cm³/mol. The van der Waals surface area contributed by atoms with Crippen molar-refractivity contribution in [3.63, 3.8) is 0 Å². The third-order valence-electron chi connectivity index (χ3n) is 3.28. The lowest BCUT2D eigenvalue weighted by Gasteiger charge is -2.23. The van der Waals surface area contributed by atoms with Crippen LogP contribution in [0.15, 0.2) is 35.3 Å². The van der Waals surface area contributed by atoms with Crippen molar-refractivity contribution in [1.29, 1.82) is 5.26 Å². The fourth-order valence-corrected chi connectivity index (χ4v) is 2.42. The molecule has 25 heavy (non-hydrogen) atoms. The molecule has 2 N–H and O–H groups in total. The summed E-state index contributed by atoms with van der Waals surface area (Å²) in [6, 6.07) is 4.22. The van der Waals surface area contributed by atoms with E-state index in [0.717, 1.165) is 12.1 Å². The van der Waals surface area contributed by atoms with E-state index < -0.39 is 28.8 Å². The van der Waals surface area contributed by atoms with E-state index in [9.17, 15) is 23.1 Å². The lowest BCUT2D eigenvalue weighted by molar-refractivity contribution is -0.138. The van der Waals surface area contributed by atoms with Crippen molar-refractivity contribution < 1.29 is 23.1 Å². The Hall–Kier alpha value is -2.38. The maximum absolute atomic E-state index is 12.9. The Balaban J connectivity index is 2.21. The maximum atomic E-state index is 12.9. The number of aromatic nitrogens is 2. The average molecular weight is 417 g/mol. The molecule has 0 fully saturated rings. The summed E-state index contributed by atoms with van der Waals surface area (Å²) >= 11 is 3.12. The van der Waals surface area contributed by atoms with Gasteiger partial charge in [-0.3, -0.25) is 4.79 Å². The Morgan fingerprint density at radius 3 is 2.68 bits per heavy atom. The normalized spacial score (nSPS) is 13.8. The number of anilines is 1. The summed E-state index contributed by atoms with van der Waals surface area (Å²) in [6.45, 7) is 1.07. The first-order valence-electron chi connectivity index (χ1n) is 6.85. The fourth-order valence-electron chi connectivity index (χ4n) is 2.07. The number of hydrogen-bond acceptors (Lipinski definition) is 4. The SMILES string of the molecule is CC(O)(Cn1cnc(Br)c1)C(=O)Nc1ccc(C#N)c(C(F)(F)F)c1. The number of aliphatic hydroxyl groups is 1. The molecule has 0 spiro atoms. The van der Waals surface area contributed by atoms with Crippen LogP contribution in [0.5, 0.6) is 0 Å². The van der Waals surface area contributed by atoms with Crippen LogP contribution < -0.4 is 5.32 Å². The average Bonchev–Trinajstić information content (AvgIpc) is 2.90. The standard InChI is InChI=1S/C15H12BrF3N4O2/c1-14(25,7-23-6-12(16)21-8-23)13(24)22-10-3-2-9(5-20)11(4-10)15(17,18)19/h2-4,6,8,25H,7H2,1H3,(H,22,24). The number of amides is 1.